The molecule has 0 amide bonds. The lowest BCUT2D eigenvalue weighted by Crippen LogP contribution is -2.13. The highest BCUT2D eigenvalue weighted by molar-refractivity contribution is 5.68. The fourth-order valence-electron chi connectivity index (χ4n) is 2.67. The van der Waals surface area contributed by atoms with Crippen LogP contribution in [0.25, 0.3) is 5.65 Å². The van der Waals surface area contributed by atoms with Crippen molar-refractivity contribution in [2.75, 3.05) is 0 Å². The van der Waals surface area contributed by atoms with Crippen molar-refractivity contribution in [1.29, 1.82) is 5.26 Å². The number of azo groups is 1. The Hall–Kier alpha value is -3.02. The van der Waals surface area contributed by atoms with Gasteiger partial charge in [0.2, 0.25) is 0 Å². The van der Waals surface area contributed by atoms with Gasteiger partial charge in [-0.05, 0) is 6.92 Å². The van der Waals surface area contributed by atoms with Gasteiger partial charge in [-0.3, -0.25) is 5.10 Å². The molecular weight excluding hydrogens is 330 g/mol. The molecule has 0 aliphatic heterocycles. The molecule has 9 heteroatoms. The van der Waals surface area contributed by atoms with E-state index in [0.717, 1.165) is 11.5 Å². The largest absolute Gasteiger partial charge is 0.324 e. The number of hydrogen-bond donors (Lipinski definition) is 2. The minimum Gasteiger partial charge on any atom is -0.324 e. The Morgan fingerprint density at radius 1 is 1.00 bits per heavy atom. The van der Waals surface area contributed by atoms with Gasteiger partial charge in [0, 0.05) is 10.8 Å². The monoisotopic (exact) mass is 353 g/mol. The van der Waals surface area contributed by atoms with E-state index in [1.54, 1.807) is 0 Å². The Balaban J connectivity index is 2.12. The number of nitriles is 1. The molecule has 0 spiro atoms. The number of aryl methyl sites for hydroxylation is 1. The first kappa shape index (κ1) is 17.8. The van der Waals surface area contributed by atoms with Gasteiger partial charge in [-0.1, -0.05) is 41.5 Å². The van der Waals surface area contributed by atoms with Gasteiger partial charge in [-0.15, -0.1) is 20.0 Å². The molecule has 0 aliphatic carbocycles. The molecule has 0 fully saturated rings. The summed E-state index contributed by atoms with van der Waals surface area (Å²) in [4.78, 5) is 3.16. The fourth-order valence-corrected chi connectivity index (χ4v) is 2.67. The second-order valence-corrected chi connectivity index (χ2v) is 8.35. The minimum atomic E-state index is -0.266. The molecule has 0 saturated carbocycles. The zero-order valence-corrected chi connectivity index (χ0v) is 16.1. The van der Waals surface area contributed by atoms with Crippen LogP contribution in [0.4, 0.5) is 11.5 Å². The maximum Gasteiger partial charge on any atom is 0.188 e. The molecule has 0 aromatic carbocycles. The summed E-state index contributed by atoms with van der Waals surface area (Å²) in [6.45, 7) is 14.0. The maximum absolute atomic E-state index is 9.52. The Morgan fingerprint density at radius 3 is 2.23 bits per heavy atom. The van der Waals surface area contributed by atoms with Crippen molar-refractivity contribution in [3.05, 3.63) is 22.8 Å². The highest BCUT2D eigenvalue weighted by Crippen LogP contribution is 2.35. The number of nitrogens with one attached hydrogen (secondary N) is 2. The van der Waals surface area contributed by atoms with Crippen LogP contribution in [0.5, 0.6) is 0 Å². The predicted molar refractivity (Wildman–Crippen MR) is 97.0 cm³/mol. The minimum absolute atomic E-state index is 0.237. The average Bonchev–Trinajstić information content (AvgIpc) is 3.15. The van der Waals surface area contributed by atoms with E-state index in [1.807, 2.05) is 27.7 Å². The van der Waals surface area contributed by atoms with Crippen LogP contribution in [0.3, 0.4) is 0 Å². The van der Waals surface area contributed by atoms with Crippen molar-refractivity contribution in [2.24, 2.45) is 10.2 Å². The predicted octanol–water partition coefficient (Wildman–Crippen LogP) is 3.97. The molecule has 3 rings (SSSR count). The number of nitrogens with zero attached hydrogens (tertiary/aromatic N) is 7. The van der Waals surface area contributed by atoms with Crippen LogP contribution in [0.1, 0.15) is 64.3 Å². The topological polar surface area (TPSA) is 123 Å². The molecular formula is C17H23N9. The lowest BCUT2D eigenvalue weighted by Gasteiger charge is -2.15. The molecule has 0 aliphatic rings. The van der Waals surface area contributed by atoms with Gasteiger partial charge in [0.15, 0.2) is 17.2 Å². The number of aromatic amines is 2. The summed E-state index contributed by atoms with van der Waals surface area (Å²) in [5, 5.41) is 34.1. The number of fused-ring (bicyclic) bond motifs is 1. The third-order valence-electron chi connectivity index (χ3n) is 3.92. The van der Waals surface area contributed by atoms with Gasteiger partial charge < -0.3 is 4.98 Å². The van der Waals surface area contributed by atoms with E-state index >= 15 is 0 Å². The lowest BCUT2D eigenvalue weighted by molar-refractivity contribution is 0.557. The Bertz CT molecular complexity index is 1030. The van der Waals surface area contributed by atoms with Crippen molar-refractivity contribution in [3.8, 4) is 6.07 Å². The number of aromatic nitrogens is 6. The third-order valence-corrected chi connectivity index (χ3v) is 3.92. The molecule has 0 bridgehead atoms. The lowest BCUT2D eigenvalue weighted by atomic mass is 9.90. The van der Waals surface area contributed by atoms with Crippen molar-refractivity contribution in [1.82, 2.24) is 30.0 Å². The van der Waals surface area contributed by atoms with Crippen molar-refractivity contribution < 1.29 is 0 Å². The van der Waals surface area contributed by atoms with Gasteiger partial charge in [-0.25, -0.2) is 0 Å². The van der Waals surface area contributed by atoms with E-state index in [4.69, 9.17) is 0 Å². The van der Waals surface area contributed by atoms with Gasteiger partial charge >= 0.3 is 0 Å². The van der Waals surface area contributed by atoms with E-state index in [2.05, 4.69) is 62.4 Å². The normalized spacial score (nSPS) is 13.0. The SMILES string of the molecule is Cc1nn2nc(C(C)(C)C)c(N=Nc3[nH]nc(C(C)(C)C)c3C#N)c2[nH]1. The van der Waals surface area contributed by atoms with Crippen LogP contribution in [-0.2, 0) is 10.8 Å². The first-order chi connectivity index (χ1) is 12.0. The Kier molecular flexibility index (Phi) is 3.94. The molecule has 3 aromatic rings. The molecule has 2 N–H and O–H groups in total. The number of hydrogen-bond acceptors (Lipinski definition) is 6. The standard InChI is InChI=1S/C17H23N9/c1-9-19-15-11(13(17(5,6)7)25-26(15)24-9)20-22-14-10(8-18)12(21-23-14)16(2,3)4/h1-7H3,(H,19,24)(H,21,23). The zero-order chi connectivity index (χ0) is 19.3. The average molecular weight is 353 g/mol. The molecule has 0 unspecified atom stereocenters. The second kappa shape index (κ2) is 5.76. The fraction of sp³-hybridized carbons (Fsp3) is 0.529. The van der Waals surface area contributed by atoms with Gasteiger partial charge in [0.1, 0.15) is 17.5 Å². The van der Waals surface area contributed by atoms with Crippen LogP contribution < -0.4 is 0 Å². The third kappa shape index (κ3) is 2.98. The second-order valence-electron chi connectivity index (χ2n) is 8.35. The van der Waals surface area contributed by atoms with Gasteiger partial charge in [0.05, 0.1) is 11.4 Å². The molecule has 3 aromatic heterocycles. The molecule has 9 nitrogen and oxygen atoms in total. The number of H-pyrrole nitrogens is 2. The molecule has 26 heavy (non-hydrogen) atoms. The molecule has 3 heterocycles. The van der Waals surface area contributed by atoms with E-state index in [0.29, 0.717) is 28.4 Å². The number of rotatable bonds is 2. The smallest absolute Gasteiger partial charge is 0.188 e. The maximum atomic E-state index is 9.52. The van der Waals surface area contributed by atoms with E-state index in [9.17, 15) is 5.26 Å². The molecule has 0 radical (unpaired) electrons. The highest BCUT2D eigenvalue weighted by atomic mass is 15.5. The summed E-state index contributed by atoms with van der Waals surface area (Å²) in [7, 11) is 0. The van der Waals surface area contributed by atoms with Gasteiger partial charge in [-0.2, -0.15) is 15.5 Å². The van der Waals surface area contributed by atoms with Gasteiger partial charge in [0.25, 0.3) is 0 Å². The van der Waals surface area contributed by atoms with E-state index in [-0.39, 0.29) is 10.8 Å². The summed E-state index contributed by atoms with van der Waals surface area (Å²) in [6.07, 6.45) is 0. The van der Waals surface area contributed by atoms with Crippen LogP contribution in [0, 0.1) is 18.3 Å². The van der Waals surface area contributed by atoms with Crippen LogP contribution in [0.15, 0.2) is 10.2 Å². The molecule has 0 atom stereocenters. The summed E-state index contributed by atoms with van der Waals surface area (Å²) in [6, 6.07) is 2.18. The molecule has 0 saturated heterocycles. The van der Waals surface area contributed by atoms with E-state index in [1.165, 1.54) is 4.63 Å². The zero-order valence-electron chi connectivity index (χ0n) is 16.1. The summed E-state index contributed by atoms with van der Waals surface area (Å²) >= 11 is 0. The van der Waals surface area contributed by atoms with Crippen LogP contribution in [-0.4, -0.2) is 30.0 Å². The van der Waals surface area contributed by atoms with Crippen molar-refractivity contribution in [3.63, 3.8) is 0 Å². The summed E-state index contributed by atoms with van der Waals surface area (Å²) in [5.41, 5.74) is 2.62. The summed E-state index contributed by atoms with van der Waals surface area (Å²) in [5.74, 6) is 1.08. The van der Waals surface area contributed by atoms with E-state index < -0.39 is 0 Å². The highest BCUT2D eigenvalue weighted by Gasteiger charge is 2.27. The van der Waals surface area contributed by atoms with Crippen LogP contribution in [0.2, 0.25) is 0 Å². The quantitative estimate of drug-likeness (QED) is 0.676. The molecule has 136 valence electrons. The van der Waals surface area contributed by atoms with Crippen molar-refractivity contribution in [2.45, 2.75) is 59.3 Å². The Morgan fingerprint density at radius 2 is 1.65 bits per heavy atom. The first-order valence-electron chi connectivity index (χ1n) is 8.39. The van der Waals surface area contributed by atoms with Crippen molar-refractivity contribution >= 4 is 17.2 Å². The Labute approximate surface area is 151 Å². The first-order valence-corrected chi connectivity index (χ1v) is 8.39. The summed E-state index contributed by atoms with van der Waals surface area (Å²) < 4.78 is 1.53. The van der Waals surface area contributed by atoms with Crippen LogP contribution >= 0.6 is 0 Å².